The van der Waals surface area contributed by atoms with Crippen LogP contribution in [0.3, 0.4) is 0 Å². The number of amides is 1. The Morgan fingerprint density at radius 1 is 1.40 bits per heavy atom. The van der Waals surface area contributed by atoms with Gasteiger partial charge in [-0.25, -0.2) is 0 Å². The van der Waals surface area contributed by atoms with Gasteiger partial charge in [0.25, 0.3) is 5.91 Å². The third-order valence-electron chi connectivity index (χ3n) is 2.85. The molecule has 1 amide bonds. The van der Waals surface area contributed by atoms with Gasteiger partial charge in [0.1, 0.15) is 0 Å². The molecule has 0 saturated carbocycles. The second kappa shape index (κ2) is 6.58. The van der Waals surface area contributed by atoms with Crippen LogP contribution in [-0.4, -0.2) is 23.7 Å². The lowest BCUT2D eigenvalue weighted by Gasteiger charge is -2.20. The van der Waals surface area contributed by atoms with E-state index in [1.54, 1.807) is 13.8 Å². The van der Waals surface area contributed by atoms with Gasteiger partial charge in [0, 0.05) is 10.0 Å². The molecular formula is C13H15BrF3NO2. The summed E-state index contributed by atoms with van der Waals surface area (Å²) in [6.07, 6.45) is -4.54. The number of nitrogens with one attached hydrogen (secondary N) is 1. The monoisotopic (exact) mass is 353 g/mol. The Morgan fingerprint density at radius 2 is 2.00 bits per heavy atom. The molecule has 0 aliphatic carbocycles. The van der Waals surface area contributed by atoms with Crippen LogP contribution in [0, 0.1) is 5.92 Å². The van der Waals surface area contributed by atoms with Crippen LogP contribution in [0.4, 0.5) is 13.2 Å². The summed E-state index contributed by atoms with van der Waals surface area (Å²) in [7, 11) is 0. The molecule has 0 bridgehead atoms. The van der Waals surface area contributed by atoms with Gasteiger partial charge in [-0.2, -0.15) is 13.2 Å². The molecule has 1 aromatic rings. The molecule has 0 aliphatic heterocycles. The fourth-order valence-corrected chi connectivity index (χ4v) is 2.03. The molecule has 1 rings (SSSR count). The first kappa shape index (κ1) is 17.0. The van der Waals surface area contributed by atoms with Crippen LogP contribution in [0.2, 0.25) is 0 Å². The van der Waals surface area contributed by atoms with Crippen molar-refractivity contribution in [1.82, 2.24) is 5.32 Å². The Kier molecular flexibility index (Phi) is 5.59. The lowest BCUT2D eigenvalue weighted by atomic mass is 10.0. The standard InChI is InChI=1S/C13H15BrF3NO2/c1-7(2)11(6-19)18-12(20)8-3-4-10(14)9(5-8)13(15,16)17/h3-5,7,11,19H,6H2,1-2H3,(H,18,20)/t11-/m1/s1. The Bertz CT molecular complexity index is 489. The zero-order chi connectivity index (χ0) is 15.5. The summed E-state index contributed by atoms with van der Waals surface area (Å²) in [5.41, 5.74) is -1.00. The number of halogens is 4. The molecule has 0 fully saturated rings. The topological polar surface area (TPSA) is 49.3 Å². The second-order valence-corrected chi connectivity index (χ2v) is 5.55. The third-order valence-corrected chi connectivity index (χ3v) is 3.54. The van der Waals surface area contributed by atoms with Crippen LogP contribution in [0.25, 0.3) is 0 Å². The average molecular weight is 354 g/mol. The molecule has 1 atom stereocenters. The summed E-state index contributed by atoms with van der Waals surface area (Å²) in [6, 6.07) is 2.76. The number of aliphatic hydroxyl groups excluding tert-OH is 1. The van der Waals surface area contributed by atoms with Crippen LogP contribution in [0.5, 0.6) is 0 Å². The maximum Gasteiger partial charge on any atom is 0.417 e. The van der Waals surface area contributed by atoms with Crippen molar-refractivity contribution in [3.05, 3.63) is 33.8 Å². The van der Waals surface area contributed by atoms with Crippen LogP contribution < -0.4 is 5.32 Å². The van der Waals surface area contributed by atoms with E-state index in [2.05, 4.69) is 21.2 Å². The largest absolute Gasteiger partial charge is 0.417 e. The minimum atomic E-state index is -4.54. The van der Waals surface area contributed by atoms with Crippen LogP contribution >= 0.6 is 15.9 Å². The zero-order valence-electron chi connectivity index (χ0n) is 11.0. The smallest absolute Gasteiger partial charge is 0.394 e. The van der Waals surface area contributed by atoms with Crippen LogP contribution in [-0.2, 0) is 6.18 Å². The van der Waals surface area contributed by atoms with Crippen molar-refractivity contribution in [2.75, 3.05) is 6.61 Å². The second-order valence-electron chi connectivity index (χ2n) is 4.70. The van der Waals surface area contributed by atoms with Crippen LogP contribution in [0.1, 0.15) is 29.8 Å². The number of hydrogen-bond donors (Lipinski definition) is 2. The molecule has 0 aromatic heterocycles. The predicted octanol–water partition coefficient (Wildman–Crippen LogP) is 3.21. The van der Waals surface area contributed by atoms with Gasteiger partial charge in [-0.3, -0.25) is 4.79 Å². The van der Waals surface area contributed by atoms with E-state index in [1.165, 1.54) is 12.1 Å². The van der Waals surface area contributed by atoms with Crippen molar-refractivity contribution in [2.45, 2.75) is 26.1 Å². The Balaban J connectivity index is 3.00. The van der Waals surface area contributed by atoms with Crippen molar-refractivity contribution < 1.29 is 23.1 Å². The number of carbonyl (C=O) groups is 1. The highest BCUT2D eigenvalue weighted by molar-refractivity contribution is 9.10. The summed E-state index contributed by atoms with van der Waals surface area (Å²) >= 11 is 2.81. The number of benzene rings is 1. The van der Waals surface area contributed by atoms with E-state index in [0.717, 1.165) is 6.07 Å². The highest BCUT2D eigenvalue weighted by Gasteiger charge is 2.33. The van der Waals surface area contributed by atoms with Gasteiger partial charge in [0.2, 0.25) is 0 Å². The number of aliphatic hydroxyl groups is 1. The molecule has 0 heterocycles. The molecule has 0 aliphatic rings. The van der Waals surface area contributed by atoms with Gasteiger partial charge in [-0.05, 0) is 24.1 Å². The minimum Gasteiger partial charge on any atom is -0.394 e. The van der Waals surface area contributed by atoms with Gasteiger partial charge >= 0.3 is 6.18 Å². The van der Waals surface area contributed by atoms with Gasteiger partial charge in [-0.15, -0.1) is 0 Å². The number of hydrogen-bond acceptors (Lipinski definition) is 2. The Hall–Kier alpha value is -1.08. The van der Waals surface area contributed by atoms with E-state index in [-0.39, 0.29) is 22.6 Å². The molecule has 0 radical (unpaired) electrons. The average Bonchev–Trinajstić information content (AvgIpc) is 2.34. The van der Waals surface area contributed by atoms with E-state index in [1.807, 2.05) is 0 Å². The quantitative estimate of drug-likeness (QED) is 0.873. The molecule has 0 spiro atoms. The maximum atomic E-state index is 12.7. The zero-order valence-corrected chi connectivity index (χ0v) is 12.5. The van der Waals surface area contributed by atoms with Gasteiger partial charge < -0.3 is 10.4 Å². The molecule has 2 N–H and O–H groups in total. The number of alkyl halides is 3. The van der Waals surface area contributed by atoms with Crippen molar-refractivity contribution in [1.29, 1.82) is 0 Å². The maximum absolute atomic E-state index is 12.7. The van der Waals surface area contributed by atoms with E-state index in [4.69, 9.17) is 5.11 Å². The number of rotatable bonds is 4. The SMILES string of the molecule is CC(C)[C@@H](CO)NC(=O)c1ccc(Br)c(C(F)(F)F)c1. The molecule has 0 saturated heterocycles. The first-order valence-electron chi connectivity index (χ1n) is 5.95. The predicted molar refractivity (Wildman–Crippen MR) is 72.3 cm³/mol. The fourth-order valence-electron chi connectivity index (χ4n) is 1.56. The summed E-state index contributed by atoms with van der Waals surface area (Å²) in [4.78, 5) is 11.9. The lowest BCUT2D eigenvalue weighted by Crippen LogP contribution is -2.41. The first-order chi connectivity index (χ1) is 9.16. The Labute approximate surface area is 123 Å². The molecule has 3 nitrogen and oxygen atoms in total. The Morgan fingerprint density at radius 3 is 2.45 bits per heavy atom. The molecular weight excluding hydrogens is 339 g/mol. The van der Waals surface area contributed by atoms with Crippen molar-refractivity contribution in [3.63, 3.8) is 0 Å². The lowest BCUT2D eigenvalue weighted by molar-refractivity contribution is -0.138. The van der Waals surface area contributed by atoms with Gasteiger partial charge in [-0.1, -0.05) is 29.8 Å². The van der Waals surface area contributed by atoms with E-state index in [0.29, 0.717) is 0 Å². The third kappa shape index (κ3) is 4.21. The molecule has 112 valence electrons. The molecule has 1 aromatic carbocycles. The first-order valence-corrected chi connectivity index (χ1v) is 6.74. The van der Waals surface area contributed by atoms with Crippen molar-refractivity contribution >= 4 is 21.8 Å². The van der Waals surface area contributed by atoms with Gasteiger partial charge in [0.15, 0.2) is 0 Å². The summed E-state index contributed by atoms with van der Waals surface area (Å²) < 4.78 is 38.1. The molecule has 20 heavy (non-hydrogen) atoms. The highest BCUT2D eigenvalue weighted by atomic mass is 79.9. The van der Waals surface area contributed by atoms with Crippen LogP contribution in [0.15, 0.2) is 22.7 Å². The van der Waals surface area contributed by atoms with E-state index in [9.17, 15) is 18.0 Å². The van der Waals surface area contributed by atoms with Crippen molar-refractivity contribution in [2.24, 2.45) is 5.92 Å². The van der Waals surface area contributed by atoms with E-state index < -0.39 is 23.7 Å². The normalized spacial score (nSPS) is 13.4. The summed E-state index contributed by atoms with van der Waals surface area (Å²) in [6.45, 7) is 3.32. The van der Waals surface area contributed by atoms with E-state index >= 15 is 0 Å². The van der Waals surface area contributed by atoms with Gasteiger partial charge in [0.05, 0.1) is 18.2 Å². The number of carbonyl (C=O) groups excluding carboxylic acids is 1. The van der Waals surface area contributed by atoms with Crippen molar-refractivity contribution in [3.8, 4) is 0 Å². The fraction of sp³-hybridized carbons (Fsp3) is 0.462. The summed E-state index contributed by atoms with van der Waals surface area (Å²) in [5.74, 6) is -0.669. The molecule has 0 unspecified atom stereocenters. The summed E-state index contributed by atoms with van der Waals surface area (Å²) in [5, 5.41) is 11.6. The minimum absolute atomic E-state index is 0.0264. The molecule has 7 heteroatoms. The highest BCUT2D eigenvalue weighted by Crippen LogP contribution is 2.35.